The average Bonchev–Trinajstić information content (AvgIpc) is 2.07. The standard InChI is InChI=1S/C8H16N2O/c1-9-10-8(11)7-5-3-2-4-6-7/h7,9H,2-6H2,1H3,(H,10,11). The molecule has 3 nitrogen and oxygen atoms in total. The SMILES string of the molecule is CNNC(=O)C1CCCCC1. The van der Waals surface area contributed by atoms with E-state index in [0.29, 0.717) is 0 Å². The van der Waals surface area contributed by atoms with Crippen molar-refractivity contribution in [3.05, 3.63) is 0 Å². The van der Waals surface area contributed by atoms with Crippen LogP contribution in [0.25, 0.3) is 0 Å². The van der Waals surface area contributed by atoms with Gasteiger partial charge in [0.05, 0.1) is 0 Å². The molecule has 3 heteroatoms. The molecule has 1 amide bonds. The molecule has 0 aliphatic heterocycles. The summed E-state index contributed by atoms with van der Waals surface area (Å²) >= 11 is 0. The molecular weight excluding hydrogens is 140 g/mol. The van der Waals surface area contributed by atoms with Gasteiger partial charge in [-0.1, -0.05) is 19.3 Å². The fourth-order valence-electron chi connectivity index (χ4n) is 1.59. The molecular formula is C8H16N2O. The van der Waals surface area contributed by atoms with Gasteiger partial charge in [0.2, 0.25) is 5.91 Å². The molecule has 1 rings (SSSR count). The van der Waals surface area contributed by atoms with E-state index >= 15 is 0 Å². The molecule has 0 spiro atoms. The monoisotopic (exact) mass is 156 g/mol. The molecule has 0 atom stereocenters. The van der Waals surface area contributed by atoms with E-state index in [1.54, 1.807) is 7.05 Å². The van der Waals surface area contributed by atoms with Gasteiger partial charge in [0, 0.05) is 13.0 Å². The lowest BCUT2D eigenvalue weighted by molar-refractivity contribution is -0.126. The molecule has 1 aliphatic carbocycles. The Morgan fingerprint density at radius 2 is 1.91 bits per heavy atom. The van der Waals surface area contributed by atoms with Crippen molar-refractivity contribution >= 4 is 5.91 Å². The van der Waals surface area contributed by atoms with E-state index in [9.17, 15) is 4.79 Å². The van der Waals surface area contributed by atoms with Crippen LogP contribution in [0.1, 0.15) is 32.1 Å². The predicted octanol–water partition coefficient (Wildman–Crippen LogP) is 0.817. The van der Waals surface area contributed by atoms with Crippen molar-refractivity contribution in [3.63, 3.8) is 0 Å². The van der Waals surface area contributed by atoms with Gasteiger partial charge >= 0.3 is 0 Å². The topological polar surface area (TPSA) is 41.1 Å². The lowest BCUT2D eigenvalue weighted by Gasteiger charge is -2.20. The molecule has 0 aromatic carbocycles. The first-order chi connectivity index (χ1) is 5.34. The van der Waals surface area contributed by atoms with Crippen molar-refractivity contribution < 1.29 is 4.79 Å². The van der Waals surface area contributed by atoms with Crippen LogP contribution in [0.15, 0.2) is 0 Å². The maximum absolute atomic E-state index is 11.2. The summed E-state index contributed by atoms with van der Waals surface area (Å²) in [7, 11) is 1.72. The van der Waals surface area contributed by atoms with E-state index in [1.807, 2.05) is 0 Å². The van der Waals surface area contributed by atoms with Gasteiger partial charge in [0.25, 0.3) is 0 Å². The third-order valence-corrected chi connectivity index (χ3v) is 2.22. The van der Waals surface area contributed by atoms with Crippen molar-refractivity contribution in [1.29, 1.82) is 0 Å². The van der Waals surface area contributed by atoms with Crippen molar-refractivity contribution in [2.75, 3.05) is 7.05 Å². The average molecular weight is 156 g/mol. The first-order valence-corrected chi connectivity index (χ1v) is 4.31. The highest BCUT2D eigenvalue weighted by Gasteiger charge is 2.19. The largest absolute Gasteiger partial charge is 0.292 e. The van der Waals surface area contributed by atoms with Crippen LogP contribution in [0.3, 0.4) is 0 Å². The Morgan fingerprint density at radius 3 is 2.45 bits per heavy atom. The molecule has 2 N–H and O–H groups in total. The molecule has 0 radical (unpaired) electrons. The summed E-state index contributed by atoms with van der Waals surface area (Å²) < 4.78 is 0. The highest BCUT2D eigenvalue weighted by molar-refractivity contribution is 5.78. The van der Waals surface area contributed by atoms with Gasteiger partial charge in [-0.25, -0.2) is 5.43 Å². The Kier molecular flexibility index (Phi) is 3.36. The molecule has 1 aliphatic rings. The second-order valence-corrected chi connectivity index (χ2v) is 3.07. The number of carbonyl (C=O) groups excluding carboxylic acids is 1. The molecule has 1 saturated carbocycles. The molecule has 0 aromatic rings. The lowest BCUT2D eigenvalue weighted by Crippen LogP contribution is -2.39. The van der Waals surface area contributed by atoms with Crippen molar-refractivity contribution in [2.24, 2.45) is 5.92 Å². The quantitative estimate of drug-likeness (QED) is 0.581. The minimum absolute atomic E-state index is 0.159. The first-order valence-electron chi connectivity index (χ1n) is 4.31. The molecule has 0 saturated heterocycles. The third-order valence-electron chi connectivity index (χ3n) is 2.22. The summed E-state index contributed by atoms with van der Waals surface area (Å²) in [6, 6.07) is 0. The van der Waals surface area contributed by atoms with Crippen LogP contribution in [0, 0.1) is 5.92 Å². The van der Waals surface area contributed by atoms with E-state index in [0.717, 1.165) is 12.8 Å². The summed E-state index contributed by atoms with van der Waals surface area (Å²) in [5.41, 5.74) is 5.29. The summed E-state index contributed by atoms with van der Waals surface area (Å²) in [6.45, 7) is 0. The number of carbonyl (C=O) groups is 1. The Hall–Kier alpha value is -0.570. The van der Waals surface area contributed by atoms with Crippen LogP contribution < -0.4 is 10.9 Å². The van der Waals surface area contributed by atoms with Crippen LogP contribution in [0.4, 0.5) is 0 Å². The van der Waals surface area contributed by atoms with Gasteiger partial charge in [-0.3, -0.25) is 10.2 Å². The smallest absolute Gasteiger partial charge is 0.237 e. The first kappa shape index (κ1) is 8.53. The molecule has 0 aromatic heterocycles. The zero-order chi connectivity index (χ0) is 8.10. The van der Waals surface area contributed by atoms with Gasteiger partial charge in [-0.2, -0.15) is 0 Å². The van der Waals surface area contributed by atoms with Gasteiger partial charge < -0.3 is 0 Å². The fourth-order valence-corrected chi connectivity index (χ4v) is 1.59. The number of hydrogen-bond donors (Lipinski definition) is 2. The van der Waals surface area contributed by atoms with Gasteiger partial charge in [-0.15, -0.1) is 0 Å². The van der Waals surface area contributed by atoms with E-state index < -0.39 is 0 Å². The number of amides is 1. The fraction of sp³-hybridized carbons (Fsp3) is 0.875. The zero-order valence-corrected chi connectivity index (χ0v) is 7.02. The number of rotatable bonds is 2. The van der Waals surface area contributed by atoms with E-state index in [4.69, 9.17) is 0 Å². The predicted molar refractivity (Wildman–Crippen MR) is 43.8 cm³/mol. The zero-order valence-electron chi connectivity index (χ0n) is 7.02. The van der Waals surface area contributed by atoms with Crippen LogP contribution in [0.5, 0.6) is 0 Å². The summed E-state index contributed by atoms with van der Waals surface area (Å²) in [6.07, 6.45) is 5.84. The molecule has 0 unspecified atom stereocenters. The highest BCUT2D eigenvalue weighted by atomic mass is 16.2. The van der Waals surface area contributed by atoms with Crippen molar-refractivity contribution in [3.8, 4) is 0 Å². The summed E-state index contributed by atoms with van der Waals surface area (Å²) in [5.74, 6) is 0.420. The van der Waals surface area contributed by atoms with Crippen molar-refractivity contribution in [2.45, 2.75) is 32.1 Å². The molecule has 11 heavy (non-hydrogen) atoms. The molecule has 0 heterocycles. The minimum Gasteiger partial charge on any atom is -0.292 e. The number of hydrogen-bond acceptors (Lipinski definition) is 2. The number of nitrogens with one attached hydrogen (secondary N) is 2. The molecule has 64 valence electrons. The lowest BCUT2D eigenvalue weighted by atomic mass is 9.89. The highest BCUT2D eigenvalue weighted by Crippen LogP contribution is 2.23. The Bertz CT molecular complexity index is 130. The van der Waals surface area contributed by atoms with Gasteiger partial charge in [0.1, 0.15) is 0 Å². The van der Waals surface area contributed by atoms with E-state index in [1.165, 1.54) is 19.3 Å². The maximum atomic E-state index is 11.2. The minimum atomic E-state index is 0.159. The summed E-state index contributed by atoms with van der Waals surface area (Å²) in [4.78, 5) is 11.2. The Balaban J connectivity index is 2.27. The Labute approximate surface area is 67.5 Å². The van der Waals surface area contributed by atoms with Crippen LogP contribution in [-0.2, 0) is 4.79 Å². The Morgan fingerprint density at radius 1 is 1.27 bits per heavy atom. The second-order valence-electron chi connectivity index (χ2n) is 3.07. The third kappa shape index (κ3) is 2.50. The normalized spacial score (nSPS) is 19.7. The van der Waals surface area contributed by atoms with Gasteiger partial charge in [-0.05, 0) is 12.8 Å². The molecule has 1 fully saturated rings. The second kappa shape index (κ2) is 4.34. The van der Waals surface area contributed by atoms with Crippen LogP contribution in [0.2, 0.25) is 0 Å². The van der Waals surface area contributed by atoms with E-state index in [2.05, 4.69) is 10.9 Å². The summed E-state index contributed by atoms with van der Waals surface area (Å²) in [5, 5.41) is 0. The number of hydrazine groups is 1. The van der Waals surface area contributed by atoms with E-state index in [-0.39, 0.29) is 11.8 Å². The van der Waals surface area contributed by atoms with Crippen molar-refractivity contribution in [1.82, 2.24) is 10.9 Å². The molecule has 0 bridgehead atoms. The maximum Gasteiger partial charge on any atom is 0.237 e. The van der Waals surface area contributed by atoms with Gasteiger partial charge in [0.15, 0.2) is 0 Å². The van der Waals surface area contributed by atoms with Crippen LogP contribution >= 0.6 is 0 Å². The van der Waals surface area contributed by atoms with Crippen LogP contribution in [-0.4, -0.2) is 13.0 Å².